The summed E-state index contributed by atoms with van der Waals surface area (Å²) in [5, 5.41) is 5.08. The van der Waals surface area contributed by atoms with Crippen molar-refractivity contribution in [3.05, 3.63) is 52.0 Å². The lowest BCUT2D eigenvalue weighted by atomic mass is 9.96. The maximum Gasteiger partial charge on any atom is 0.410 e. The SMILES string of the molecule is COC(=O)[C@@H](C)C[C@H](Cc1ccccc1)NC(=O)c1csc([C@@H](C[C@H](C(C)C)N(C)C(=O)OC(C)(C)C)OC(C)=O)n1. The van der Waals surface area contributed by atoms with Crippen LogP contribution in [0.2, 0.25) is 0 Å². The van der Waals surface area contributed by atoms with E-state index >= 15 is 0 Å². The lowest BCUT2D eigenvalue weighted by Gasteiger charge is -2.34. The van der Waals surface area contributed by atoms with Crippen LogP contribution in [0.1, 0.15) is 88.5 Å². The average molecular weight is 604 g/mol. The number of hydrogen-bond donors (Lipinski definition) is 1. The van der Waals surface area contributed by atoms with E-state index in [9.17, 15) is 19.2 Å². The summed E-state index contributed by atoms with van der Waals surface area (Å²) in [5.41, 5.74) is 0.535. The number of benzene rings is 1. The fraction of sp³-hybridized carbons (Fsp3) is 0.581. The Morgan fingerprint density at radius 2 is 1.69 bits per heavy atom. The third-order valence-electron chi connectivity index (χ3n) is 6.64. The Hall–Kier alpha value is -3.47. The van der Waals surface area contributed by atoms with Gasteiger partial charge in [0, 0.05) is 37.9 Å². The Balaban J connectivity index is 2.26. The summed E-state index contributed by atoms with van der Waals surface area (Å²) in [6.07, 6.45) is -0.0745. The predicted molar refractivity (Wildman–Crippen MR) is 161 cm³/mol. The smallest absolute Gasteiger partial charge is 0.410 e. The van der Waals surface area contributed by atoms with Gasteiger partial charge in [-0.05, 0) is 45.1 Å². The number of nitrogens with one attached hydrogen (secondary N) is 1. The van der Waals surface area contributed by atoms with Crippen molar-refractivity contribution >= 4 is 35.3 Å². The molecule has 4 atom stereocenters. The van der Waals surface area contributed by atoms with Gasteiger partial charge in [0.15, 0.2) is 6.10 Å². The first-order chi connectivity index (χ1) is 19.6. The molecule has 0 spiro atoms. The van der Waals surface area contributed by atoms with Gasteiger partial charge in [0.05, 0.1) is 13.0 Å². The second kappa shape index (κ2) is 15.7. The summed E-state index contributed by atoms with van der Waals surface area (Å²) >= 11 is 1.21. The van der Waals surface area contributed by atoms with E-state index in [4.69, 9.17) is 14.2 Å². The minimum atomic E-state index is -0.772. The van der Waals surface area contributed by atoms with Crippen LogP contribution in [0.3, 0.4) is 0 Å². The highest BCUT2D eigenvalue weighted by molar-refractivity contribution is 7.09. The molecule has 0 saturated carbocycles. The van der Waals surface area contributed by atoms with E-state index in [1.807, 2.05) is 44.2 Å². The number of thiazole rings is 1. The third kappa shape index (κ3) is 11.1. The Kier molecular flexibility index (Phi) is 13.0. The van der Waals surface area contributed by atoms with E-state index in [0.29, 0.717) is 17.8 Å². The molecular formula is C31H45N3O7S. The molecule has 0 aliphatic heterocycles. The van der Waals surface area contributed by atoms with Crippen molar-refractivity contribution < 1.29 is 33.4 Å². The fourth-order valence-electron chi connectivity index (χ4n) is 4.58. The summed E-state index contributed by atoms with van der Waals surface area (Å²) in [5.74, 6) is -1.65. The third-order valence-corrected chi connectivity index (χ3v) is 7.58. The van der Waals surface area contributed by atoms with Crippen molar-refractivity contribution in [1.82, 2.24) is 15.2 Å². The molecule has 2 amide bonds. The van der Waals surface area contributed by atoms with Crippen molar-refractivity contribution in [3.63, 3.8) is 0 Å². The summed E-state index contributed by atoms with van der Waals surface area (Å²) in [7, 11) is 3.00. The van der Waals surface area contributed by atoms with Gasteiger partial charge in [-0.2, -0.15) is 0 Å². The lowest BCUT2D eigenvalue weighted by molar-refractivity contribution is -0.148. The molecule has 0 bridgehead atoms. The molecule has 1 N–H and O–H groups in total. The highest BCUT2D eigenvalue weighted by atomic mass is 32.1. The topological polar surface area (TPSA) is 124 Å². The summed E-state index contributed by atoms with van der Waals surface area (Å²) < 4.78 is 16.1. The number of amides is 2. The molecule has 2 aromatic rings. The van der Waals surface area contributed by atoms with Crippen LogP contribution in [0.25, 0.3) is 0 Å². The average Bonchev–Trinajstić information content (AvgIpc) is 3.40. The molecule has 2 rings (SSSR count). The number of aromatic nitrogens is 1. The molecule has 1 heterocycles. The molecule has 42 heavy (non-hydrogen) atoms. The Bertz CT molecular complexity index is 1190. The number of rotatable bonds is 13. The predicted octanol–water partition coefficient (Wildman–Crippen LogP) is 5.57. The molecule has 11 heteroatoms. The zero-order valence-corrected chi connectivity index (χ0v) is 26.9. The number of esters is 2. The van der Waals surface area contributed by atoms with Gasteiger partial charge >= 0.3 is 18.0 Å². The van der Waals surface area contributed by atoms with Crippen molar-refractivity contribution in [2.75, 3.05) is 14.2 Å². The molecule has 0 radical (unpaired) electrons. The molecule has 0 fully saturated rings. The van der Waals surface area contributed by atoms with Gasteiger partial charge in [-0.3, -0.25) is 14.4 Å². The Morgan fingerprint density at radius 1 is 1.05 bits per heavy atom. The summed E-state index contributed by atoms with van der Waals surface area (Å²) in [4.78, 5) is 56.3. The van der Waals surface area contributed by atoms with Gasteiger partial charge in [0.2, 0.25) is 0 Å². The maximum absolute atomic E-state index is 13.3. The Labute approximate surface area is 253 Å². The molecule has 232 valence electrons. The van der Waals surface area contributed by atoms with Crippen molar-refractivity contribution in [2.45, 2.75) is 91.5 Å². The molecular weight excluding hydrogens is 558 g/mol. The van der Waals surface area contributed by atoms with Gasteiger partial charge in [0.25, 0.3) is 5.91 Å². The standard InChI is InChI=1S/C31H45N3O7S/c1-19(2)25(34(8)30(38)41-31(5,6)7)17-26(40-21(4)35)28-33-24(18-42-28)27(36)32-23(15-20(3)29(37)39-9)16-22-13-11-10-12-14-22/h10-14,18-20,23,25-26H,15-17H2,1-9H3,(H,32,36)/t20-,23+,25+,26+/m0/s1. The van der Waals surface area contributed by atoms with E-state index in [-0.39, 0.29) is 36.1 Å². The van der Waals surface area contributed by atoms with E-state index in [0.717, 1.165) is 5.56 Å². The van der Waals surface area contributed by atoms with Crippen LogP contribution in [0, 0.1) is 11.8 Å². The molecule has 0 unspecified atom stereocenters. The minimum absolute atomic E-state index is 0.0128. The van der Waals surface area contributed by atoms with Gasteiger partial charge in [0.1, 0.15) is 16.3 Å². The molecule has 0 aliphatic rings. The number of methoxy groups -OCH3 is 1. The van der Waals surface area contributed by atoms with Gasteiger partial charge in [-0.1, -0.05) is 51.1 Å². The van der Waals surface area contributed by atoms with Crippen LogP contribution in [0.4, 0.5) is 4.79 Å². The minimum Gasteiger partial charge on any atom is -0.469 e. The number of ether oxygens (including phenoxy) is 3. The molecule has 1 aromatic carbocycles. The van der Waals surface area contributed by atoms with E-state index in [2.05, 4.69) is 10.3 Å². The maximum atomic E-state index is 13.3. The first-order valence-corrected chi connectivity index (χ1v) is 15.0. The van der Waals surface area contributed by atoms with Crippen molar-refractivity contribution in [1.29, 1.82) is 0 Å². The van der Waals surface area contributed by atoms with Crippen LogP contribution < -0.4 is 5.32 Å². The highest BCUT2D eigenvalue weighted by Crippen LogP contribution is 2.31. The summed E-state index contributed by atoms with van der Waals surface area (Å²) in [6, 6.07) is 9.00. The number of nitrogens with zero attached hydrogens (tertiary/aromatic N) is 2. The normalized spacial score (nSPS) is 14.3. The molecule has 1 aromatic heterocycles. The second-order valence-electron chi connectivity index (χ2n) is 11.8. The van der Waals surface area contributed by atoms with Crippen LogP contribution in [0.5, 0.6) is 0 Å². The second-order valence-corrected chi connectivity index (χ2v) is 12.7. The zero-order valence-electron chi connectivity index (χ0n) is 26.1. The van der Waals surface area contributed by atoms with E-state index in [1.165, 1.54) is 30.3 Å². The lowest BCUT2D eigenvalue weighted by Crippen LogP contribution is -2.44. The number of carbonyl (C=O) groups is 4. The van der Waals surface area contributed by atoms with Gasteiger partial charge < -0.3 is 24.4 Å². The van der Waals surface area contributed by atoms with Gasteiger partial charge in [-0.25, -0.2) is 9.78 Å². The van der Waals surface area contributed by atoms with Crippen LogP contribution in [-0.2, 0) is 30.2 Å². The van der Waals surface area contributed by atoms with Crippen LogP contribution >= 0.6 is 11.3 Å². The zero-order chi connectivity index (χ0) is 31.6. The summed E-state index contributed by atoms with van der Waals surface area (Å²) in [6.45, 7) is 12.4. The monoisotopic (exact) mass is 603 g/mol. The molecule has 10 nitrogen and oxygen atoms in total. The highest BCUT2D eigenvalue weighted by Gasteiger charge is 2.33. The molecule has 0 saturated heterocycles. The van der Waals surface area contributed by atoms with E-state index in [1.54, 1.807) is 40.1 Å². The largest absolute Gasteiger partial charge is 0.469 e. The van der Waals surface area contributed by atoms with Gasteiger partial charge in [-0.15, -0.1) is 11.3 Å². The number of carbonyl (C=O) groups excluding carboxylic acids is 4. The quantitative estimate of drug-likeness (QED) is 0.233. The first kappa shape index (κ1) is 34.7. The van der Waals surface area contributed by atoms with Crippen LogP contribution in [-0.4, -0.2) is 65.7 Å². The van der Waals surface area contributed by atoms with Crippen molar-refractivity contribution in [2.24, 2.45) is 11.8 Å². The Morgan fingerprint density at radius 3 is 2.24 bits per heavy atom. The molecule has 0 aliphatic carbocycles. The van der Waals surface area contributed by atoms with Crippen LogP contribution in [0.15, 0.2) is 35.7 Å². The van der Waals surface area contributed by atoms with E-state index < -0.39 is 35.6 Å². The fourth-order valence-corrected chi connectivity index (χ4v) is 5.42. The first-order valence-electron chi connectivity index (χ1n) is 14.1. The van der Waals surface area contributed by atoms with Crippen molar-refractivity contribution in [3.8, 4) is 0 Å². The number of hydrogen-bond acceptors (Lipinski definition) is 9.